The van der Waals surface area contributed by atoms with Gasteiger partial charge in [-0.1, -0.05) is 6.07 Å². The molecule has 1 aromatic heterocycles. The Morgan fingerprint density at radius 3 is 2.50 bits per heavy atom. The summed E-state index contributed by atoms with van der Waals surface area (Å²) in [5, 5.41) is 2.01. The summed E-state index contributed by atoms with van der Waals surface area (Å²) in [5.74, 6) is 0.763. The number of carbonyl (C=O) groups is 2. The molecule has 2 aromatic rings. The van der Waals surface area contributed by atoms with E-state index >= 15 is 0 Å². The molecule has 1 fully saturated rings. The molecule has 1 aliphatic heterocycles. The van der Waals surface area contributed by atoms with Gasteiger partial charge in [0.05, 0.1) is 6.54 Å². The van der Waals surface area contributed by atoms with E-state index in [9.17, 15) is 9.59 Å². The predicted molar refractivity (Wildman–Crippen MR) is 109 cm³/mol. The fraction of sp³-hybridized carbons (Fsp3) is 0.429. The van der Waals surface area contributed by atoms with Crippen molar-refractivity contribution in [3.05, 3.63) is 52.2 Å². The molecule has 0 radical (unpaired) electrons. The number of carbonyl (C=O) groups excluding carboxylic acids is 2. The first kappa shape index (κ1) is 20.4. The first-order valence-corrected chi connectivity index (χ1v) is 10.3. The lowest BCUT2D eigenvalue weighted by atomic mass is 10.1. The van der Waals surface area contributed by atoms with Gasteiger partial charge in [0.25, 0.3) is 5.91 Å². The Hall–Kier alpha value is -2.38. The van der Waals surface area contributed by atoms with Gasteiger partial charge < -0.3 is 19.3 Å². The summed E-state index contributed by atoms with van der Waals surface area (Å²) in [5.41, 5.74) is 0.645. The van der Waals surface area contributed by atoms with Crippen molar-refractivity contribution in [2.75, 3.05) is 33.9 Å². The molecule has 0 saturated carbocycles. The highest BCUT2D eigenvalue weighted by atomic mass is 32.1. The number of piperidine rings is 1. The summed E-state index contributed by atoms with van der Waals surface area (Å²) in [4.78, 5) is 29.1. The zero-order chi connectivity index (χ0) is 19.9. The van der Waals surface area contributed by atoms with Crippen LogP contribution in [0.3, 0.4) is 0 Å². The zero-order valence-corrected chi connectivity index (χ0v) is 17.1. The van der Waals surface area contributed by atoms with Crippen LogP contribution in [0.4, 0.5) is 0 Å². The summed E-state index contributed by atoms with van der Waals surface area (Å²) in [6.45, 7) is 2.09. The van der Waals surface area contributed by atoms with Crippen molar-refractivity contribution in [2.24, 2.45) is 0 Å². The van der Waals surface area contributed by atoms with E-state index in [1.807, 2.05) is 41.6 Å². The molecule has 0 N–H and O–H groups in total. The van der Waals surface area contributed by atoms with Crippen LogP contribution in [0.2, 0.25) is 0 Å². The molecule has 3 rings (SSSR count). The number of thiophene rings is 1. The number of hydrogen-bond donors (Lipinski definition) is 0. The summed E-state index contributed by atoms with van der Waals surface area (Å²) in [6.07, 6.45) is 1.66. The predicted octanol–water partition coefficient (Wildman–Crippen LogP) is 3.04. The number of benzene rings is 1. The van der Waals surface area contributed by atoms with Gasteiger partial charge in [-0.05, 0) is 35.7 Å². The van der Waals surface area contributed by atoms with E-state index in [-0.39, 0.29) is 24.5 Å². The van der Waals surface area contributed by atoms with Gasteiger partial charge >= 0.3 is 0 Å². The van der Waals surface area contributed by atoms with Crippen molar-refractivity contribution in [1.29, 1.82) is 0 Å². The van der Waals surface area contributed by atoms with Crippen molar-refractivity contribution in [1.82, 2.24) is 9.80 Å². The van der Waals surface area contributed by atoms with Crippen LogP contribution in [-0.4, -0.2) is 61.6 Å². The number of methoxy groups -OCH3 is 1. The second kappa shape index (κ2) is 9.71. The summed E-state index contributed by atoms with van der Waals surface area (Å²) >= 11 is 1.64. The minimum absolute atomic E-state index is 0.00934. The molecular formula is C21H26N2O4S. The second-order valence-electron chi connectivity index (χ2n) is 6.90. The smallest absolute Gasteiger partial charge is 0.253 e. The molecule has 150 valence electrons. The summed E-state index contributed by atoms with van der Waals surface area (Å²) < 4.78 is 10.9. The van der Waals surface area contributed by atoms with Crippen molar-refractivity contribution in [2.45, 2.75) is 25.5 Å². The standard InChI is InChI=1S/C21H26N2O4S/c1-22(14-19-4-3-13-28-19)21(25)16-5-7-17(8-6-16)27-18-9-11-23(12-10-18)20(24)15-26-2/h3-8,13,18H,9-12,14-15H2,1-2H3. The first-order valence-electron chi connectivity index (χ1n) is 9.38. The third kappa shape index (κ3) is 5.33. The van der Waals surface area contributed by atoms with Gasteiger partial charge in [-0.3, -0.25) is 9.59 Å². The molecule has 1 aliphatic rings. The molecule has 2 amide bonds. The number of likely N-dealkylation sites (tertiary alicyclic amines) is 1. The van der Waals surface area contributed by atoms with Crippen LogP contribution in [0.15, 0.2) is 41.8 Å². The lowest BCUT2D eigenvalue weighted by Crippen LogP contribution is -2.43. The topological polar surface area (TPSA) is 59.1 Å². The Kier molecular flexibility index (Phi) is 7.06. The van der Waals surface area contributed by atoms with Gasteiger partial charge in [-0.2, -0.15) is 0 Å². The minimum Gasteiger partial charge on any atom is -0.490 e. The van der Waals surface area contributed by atoms with Gasteiger partial charge in [0.1, 0.15) is 18.5 Å². The van der Waals surface area contributed by atoms with E-state index in [4.69, 9.17) is 9.47 Å². The van der Waals surface area contributed by atoms with Crippen LogP contribution in [-0.2, 0) is 16.1 Å². The zero-order valence-electron chi connectivity index (χ0n) is 16.3. The maximum Gasteiger partial charge on any atom is 0.253 e. The van der Waals surface area contributed by atoms with E-state index in [0.29, 0.717) is 25.2 Å². The van der Waals surface area contributed by atoms with Crippen molar-refractivity contribution >= 4 is 23.2 Å². The Bertz CT molecular complexity index is 768. The molecule has 0 spiro atoms. The highest BCUT2D eigenvalue weighted by Gasteiger charge is 2.23. The van der Waals surface area contributed by atoms with E-state index < -0.39 is 0 Å². The highest BCUT2D eigenvalue weighted by molar-refractivity contribution is 7.09. The van der Waals surface area contributed by atoms with E-state index in [1.54, 1.807) is 28.4 Å². The maximum absolute atomic E-state index is 12.6. The monoisotopic (exact) mass is 402 g/mol. The number of rotatable bonds is 7. The van der Waals surface area contributed by atoms with Crippen LogP contribution in [0.5, 0.6) is 5.75 Å². The van der Waals surface area contributed by atoms with E-state index in [0.717, 1.165) is 23.5 Å². The fourth-order valence-electron chi connectivity index (χ4n) is 3.23. The van der Waals surface area contributed by atoms with Gasteiger partial charge in [0.2, 0.25) is 5.91 Å². The van der Waals surface area contributed by atoms with Crippen LogP contribution in [0.1, 0.15) is 28.1 Å². The molecular weight excluding hydrogens is 376 g/mol. The van der Waals surface area contributed by atoms with E-state index in [1.165, 1.54) is 7.11 Å². The first-order chi connectivity index (χ1) is 13.6. The van der Waals surface area contributed by atoms with E-state index in [2.05, 4.69) is 0 Å². The highest BCUT2D eigenvalue weighted by Crippen LogP contribution is 2.21. The van der Waals surface area contributed by atoms with Crippen molar-refractivity contribution in [3.63, 3.8) is 0 Å². The summed E-state index contributed by atoms with van der Waals surface area (Å²) in [7, 11) is 3.34. The quantitative estimate of drug-likeness (QED) is 0.714. The molecule has 1 aromatic carbocycles. The van der Waals surface area contributed by atoms with Crippen LogP contribution < -0.4 is 4.74 Å². The molecule has 0 atom stereocenters. The minimum atomic E-state index is -0.00934. The van der Waals surface area contributed by atoms with Gasteiger partial charge in [-0.25, -0.2) is 0 Å². The van der Waals surface area contributed by atoms with Gasteiger partial charge in [0.15, 0.2) is 0 Å². The fourth-order valence-corrected chi connectivity index (χ4v) is 3.99. The van der Waals surface area contributed by atoms with Crippen molar-refractivity contribution < 1.29 is 19.1 Å². The number of amides is 2. The molecule has 0 aliphatic carbocycles. The lowest BCUT2D eigenvalue weighted by molar-refractivity contribution is -0.136. The lowest BCUT2D eigenvalue weighted by Gasteiger charge is -2.32. The Morgan fingerprint density at radius 1 is 1.18 bits per heavy atom. The molecule has 0 bridgehead atoms. The SMILES string of the molecule is COCC(=O)N1CCC(Oc2ccc(C(=O)N(C)Cc3cccs3)cc2)CC1. The Morgan fingerprint density at radius 2 is 1.89 bits per heavy atom. The van der Waals surface area contributed by atoms with Crippen LogP contribution in [0.25, 0.3) is 0 Å². The molecule has 6 nitrogen and oxygen atoms in total. The number of ether oxygens (including phenoxy) is 2. The molecule has 0 unspecified atom stereocenters. The normalized spacial score (nSPS) is 14.7. The molecule has 2 heterocycles. The second-order valence-corrected chi connectivity index (χ2v) is 7.93. The average molecular weight is 403 g/mol. The Labute approximate surface area is 169 Å². The number of hydrogen-bond acceptors (Lipinski definition) is 5. The summed E-state index contributed by atoms with van der Waals surface area (Å²) in [6, 6.07) is 11.3. The Balaban J connectivity index is 1.49. The molecule has 1 saturated heterocycles. The maximum atomic E-state index is 12.6. The van der Waals surface area contributed by atoms with Crippen LogP contribution in [0, 0.1) is 0 Å². The third-order valence-electron chi connectivity index (χ3n) is 4.79. The molecule has 28 heavy (non-hydrogen) atoms. The van der Waals surface area contributed by atoms with Crippen molar-refractivity contribution in [3.8, 4) is 5.75 Å². The third-order valence-corrected chi connectivity index (χ3v) is 5.65. The largest absolute Gasteiger partial charge is 0.490 e. The van der Waals surface area contributed by atoms with Gasteiger partial charge in [-0.15, -0.1) is 11.3 Å². The van der Waals surface area contributed by atoms with Gasteiger partial charge in [0, 0.05) is 50.5 Å². The van der Waals surface area contributed by atoms with Crippen LogP contribution >= 0.6 is 11.3 Å². The average Bonchev–Trinajstić information content (AvgIpc) is 3.22. The molecule has 7 heteroatoms. The number of nitrogens with zero attached hydrogens (tertiary/aromatic N) is 2.